The molecule has 75 heavy (non-hydrogen) atoms. The molecule has 0 saturated heterocycles. The zero-order valence-electron chi connectivity index (χ0n) is 43.5. The number of nitrogens with one attached hydrogen (secondary N) is 2. The smallest absolute Gasteiger partial charge is 0.164 e. The summed E-state index contributed by atoms with van der Waals surface area (Å²) in [6.07, 6.45) is 12.0. The highest BCUT2D eigenvalue weighted by Gasteiger charge is 2.58. The van der Waals surface area contributed by atoms with Gasteiger partial charge in [0.05, 0.1) is 42.7 Å². The number of methoxy groups -OCH3 is 1. The van der Waals surface area contributed by atoms with Crippen molar-refractivity contribution in [2.75, 3.05) is 26.5 Å². The van der Waals surface area contributed by atoms with Gasteiger partial charge >= 0.3 is 0 Å². The predicted molar refractivity (Wildman–Crippen MR) is 299 cm³/mol. The normalized spacial score (nSPS) is 25.5. The average Bonchev–Trinajstić information content (AvgIpc) is 4.14. The highest BCUT2D eigenvalue weighted by molar-refractivity contribution is 8.76. The molecule has 11 nitrogen and oxygen atoms in total. The maximum atomic E-state index is 16.9. The number of phenolic OH excluding ortho intramolecular Hbond substituents is 3. The minimum absolute atomic E-state index is 0.00145. The monoisotopic (exact) mass is 1050 g/mol. The summed E-state index contributed by atoms with van der Waals surface area (Å²) >= 11 is 0. The number of phenols is 3. The molecule has 5 aromatic carbocycles. The van der Waals surface area contributed by atoms with Gasteiger partial charge in [0.2, 0.25) is 0 Å². The summed E-state index contributed by atoms with van der Waals surface area (Å²) in [5.74, 6) is -1.33. The molecule has 7 atom stereocenters. The first-order chi connectivity index (χ1) is 36.4. The van der Waals surface area contributed by atoms with Crippen LogP contribution in [0, 0.1) is 17.8 Å². The van der Waals surface area contributed by atoms with E-state index in [-0.39, 0.29) is 53.8 Å². The van der Waals surface area contributed by atoms with Crippen LogP contribution in [0.3, 0.4) is 0 Å². The Kier molecular flexibility index (Phi) is 16.2. The number of ether oxygens (including phenoxy) is 2. The molecule has 1 aromatic heterocycles. The van der Waals surface area contributed by atoms with E-state index >= 15 is 4.79 Å². The number of aryl methyl sites for hydroxylation is 1. The first-order valence-electron chi connectivity index (χ1n) is 27.2. The number of ketones is 1. The van der Waals surface area contributed by atoms with E-state index in [4.69, 9.17) is 9.47 Å². The molecule has 3 fully saturated rings. The van der Waals surface area contributed by atoms with E-state index in [1.807, 2.05) is 43.7 Å². The lowest BCUT2D eigenvalue weighted by Gasteiger charge is -2.49. The van der Waals surface area contributed by atoms with Gasteiger partial charge in [0.25, 0.3) is 0 Å². The highest BCUT2D eigenvalue weighted by Crippen LogP contribution is 2.53. The number of carbonyl (C=O) groups excluding carboxylic acids is 1. The fourth-order valence-electron chi connectivity index (χ4n) is 13.7. The largest absolute Gasteiger partial charge is 0.508 e. The van der Waals surface area contributed by atoms with Gasteiger partial charge < -0.3 is 50.4 Å². The molecule has 3 aliphatic carbocycles. The summed E-state index contributed by atoms with van der Waals surface area (Å²) in [4.78, 5) is 20.1. The average molecular weight is 1060 g/mol. The van der Waals surface area contributed by atoms with Crippen LogP contribution in [0.25, 0.3) is 10.8 Å². The van der Waals surface area contributed by atoms with Gasteiger partial charge in [0, 0.05) is 41.6 Å². The molecular weight excluding hydrogens is 981 g/mol. The molecule has 10 rings (SSSR count). The Hall–Kier alpha value is -5.15. The van der Waals surface area contributed by atoms with Crippen LogP contribution in [0.1, 0.15) is 126 Å². The van der Waals surface area contributed by atoms with Gasteiger partial charge in [-0.2, -0.15) is 0 Å². The minimum atomic E-state index is -1.67. The molecule has 0 bridgehead atoms. The van der Waals surface area contributed by atoms with Crippen molar-refractivity contribution in [3.05, 3.63) is 147 Å². The Balaban J connectivity index is 1.16. The third-order valence-corrected chi connectivity index (χ3v) is 20.5. The maximum Gasteiger partial charge on any atom is 0.164 e. The molecule has 6 aromatic rings. The van der Waals surface area contributed by atoms with Crippen LogP contribution in [0.5, 0.6) is 28.7 Å². The van der Waals surface area contributed by atoms with E-state index in [9.17, 15) is 30.6 Å². The van der Waals surface area contributed by atoms with Crippen molar-refractivity contribution in [3.8, 4) is 28.7 Å². The van der Waals surface area contributed by atoms with Gasteiger partial charge in [-0.15, -0.1) is 0 Å². The molecule has 2 heterocycles. The molecule has 8 N–H and O–H groups in total. The van der Waals surface area contributed by atoms with E-state index in [1.54, 1.807) is 65.1 Å². The topological polar surface area (TPSA) is 185 Å². The van der Waals surface area contributed by atoms with Crippen molar-refractivity contribution in [1.29, 1.82) is 0 Å². The molecule has 3 saturated carbocycles. The molecule has 0 spiro atoms. The molecule has 0 radical (unpaired) electrons. The molecule has 398 valence electrons. The Morgan fingerprint density at radius 3 is 2.37 bits per heavy atom. The lowest BCUT2D eigenvalue weighted by molar-refractivity contribution is -0.149. The van der Waals surface area contributed by atoms with Crippen molar-refractivity contribution in [1.82, 2.24) is 10.3 Å². The van der Waals surface area contributed by atoms with Crippen molar-refractivity contribution in [2.45, 2.75) is 138 Å². The lowest BCUT2D eigenvalue weighted by Crippen LogP contribution is -2.61. The first-order valence-corrected chi connectivity index (χ1v) is 29.6. The Morgan fingerprint density at radius 2 is 1.64 bits per heavy atom. The number of Topliss-reactive ketones (excluding diaryl/α,β-unsaturated/α-hetero) is 1. The lowest BCUT2D eigenvalue weighted by atomic mass is 9.55. The van der Waals surface area contributed by atoms with Crippen molar-refractivity contribution in [2.24, 2.45) is 17.8 Å². The summed E-state index contributed by atoms with van der Waals surface area (Å²) in [6.45, 7) is 1.98. The number of aromatic amines is 1. The summed E-state index contributed by atoms with van der Waals surface area (Å²) in [7, 11) is 6.60. The third-order valence-electron chi connectivity index (χ3n) is 17.6. The van der Waals surface area contributed by atoms with Crippen LogP contribution in [0.4, 0.5) is 0 Å². The number of aliphatic hydroxyl groups excluding tert-OH is 3. The van der Waals surface area contributed by atoms with E-state index in [0.717, 1.165) is 114 Å². The third kappa shape index (κ3) is 10.4. The van der Waals surface area contributed by atoms with E-state index in [0.29, 0.717) is 47.6 Å². The molecule has 13 heteroatoms. The number of hydrogen-bond acceptors (Lipinski definition) is 12. The Labute approximate surface area is 449 Å². The van der Waals surface area contributed by atoms with Crippen molar-refractivity contribution < 1.29 is 44.9 Å². The number of benzene rings is 5. The van der Waals surface area contributed by atoms with Gasteiger partial charge in [-0.1, -0.05) is 96.3 Å². The summed E-state index contributed by atoms with van der Waals surface area (Å²) in [5.41, 5.74) is 5.68. The van der Waals surface area contributed by atoms with Crippen LogP contribution >= 0.6 is 21.6 Å². The molecule has 4 aliphatic rings. The van der Waals surface area contributed by atoms with E-state index < -0.39 is 40.9 Å². The number of carbonyl (C=O) groups is 1. The second-order valence-corrected chi connectivity index (χ2v) is 24.5. The number of H-pyrrole nitrogens is 1. The van der Waals surface area contributed by atoms with Crippen molar-refractivity contribution >= 4 is 38.1 Å². The van der Waals surface area contributed by atoms with Gasteiger partial charge in [0.1, 0.15) is 5.75 Å². The zero-order chi connectivity index (χ0) is 52.4. The fourth-order valence-corrected chi connectivity index (χ4v) is 16.5. The van der Waals surface area contributed by atoms with E-state index in [1.165, 1.54) is 0 Å². The number of aromatic nitrogens is 1. The highest BCUT2D eigenvalue weighted by atomic mass is 33.1. The first kappa shape index (κ1) is 53.3. The molecular formula is C62H74N2O9S2. The van der Waals surface area contributed by atoms with Crippen LogP contribution in [-0.4, -0.2) is 86.2 Å². The summed E-state index contributed by atoms with van der Waals surface area (Å²) < 4.78 is 12.6. The number of aromatic hydroxyl groups is 3. The fraction of sp³-hybridized carbons (Fsp3) is 0.468. The predicted octanol–water partition coefficient (Wildman–Crippen LogP) is 11.1. The quantitative estimate of drug-likeness (QED) is 0.0544. The Morgan fingerprint density at radius 1 is 0.853 bits per heavy atom. The number of hydrogen-bond donors (Lipinski definition) is 8. The second kappa shape index (κ2) is 22.8. The number of rotatable bonds is 12. The van der Waals surface area contributed by atoms with Gasteiger partial charge in [-0.05, 0) is 181 Å². The molecule has 0 unspecified atom stereocenters. The van der Waals surface area contributed by atoms with Crippen LogP contribution in [0.2, 0.25) is 0 Å². The SMILES string of the molecule is CCc1ccc2cccc3c2c1Cc1c(ccc(O)c1OC)C[C@@H](Cc1cc[nH]c1)[C@H](O)[C@@H]1C(=O)[C@](Cc2ccc(O)c(OC4CCCCC4)c2)(c2cc(O)cc(C4(NC)CCCC4)c2)[C@H](O)C[C@H]1CSS[C@H]3CO. The van der Waals surface area contributed by atoms with Crippen LogP contribution in [0.15, 0.2) is 97.3 Å². The standard InChI is InChI=1S/C62H74N2O9S2/c1-4-39-16-17-40-11-10-14-48-54(35-65)75-74-36-43-28-55(69)62(45-29-44(30-46(66)31-45)61(63-2)22-8-9-23-61,33-37-15-19-51(67)53(26-37)73-47-12-6-5-7-13-47)60(71)57(43)58(70)42(25-38-21-24-64-34-38)27-41-18-20-52(68)59(72-3)50(41)32-49(39)56(40)48/h10-11,14-21,24,26,29-31,34,42-43,47,54-55,57-58,63-70H,4-9,12-13,22-23,25,27-28,32-33,35-36H2,1-3H3/t42-,43+,54+,55-,57-,58+,62-/m1/s1. The molecule has 1 aliphatic heterocycles. The van der Waals surface area contributed by atoms with Gasteiger partial charge in [-0.3, -0.25) is 4.79 Å². The zero-order valence-corrected chi connectivity index (χ0v) is 45.2. The summed E-state index contributed by atoms with van der Waals surface area (Å²) in [5, 5.41) is 78.1. The van der Waals surface area contributed by atoms with Crippen LogP contribution < -0.4 is 14.8 Å². The van der Waals surface area contributed by atoms with Gasteiger partial charge in [-0.25, -0.2) is 0 Å². The van der Waals surface area contributed by atoms with Gasteiger partial charge in [0.15, 0.2) is 28.8 Å². The van der Waals surface area contributed by atoms with Crippen molar-refractivity contribution in [3.63, 3.8) is 0 Å². The number of fused-ring (bicyclic) bond motifs is 2. The van der Waals surface area contributed by atoms with Crippen LogP contribution in [-0.2, 0) is 47.9 Å². The number of aliphatic hydroxyl groups is 3. The van der Waals surface area contributed by atoms with E-state index in [2.05, 4.69) is 41.5 Å². The molecule has 0 amide bonds. The summed E-state index contributed by atoms with van der Waals surface area (Å²) in [6, 6.07) is 26.7. The Bertz CT molecular complexity index is 2970. The maximum absolute atomic E-state index is 16.9. The minimum Gasteiger partial charge on any atom is -0.508 e. The second-order valence-electron chi connectivity index (χ2n) is 21.9.